The summed E-state index contributed by atoms with van der Waals surface area (Å²) in [6, 6.07) is 0. The molecule has 0 radical (unpaired) electrons. The van der Waals surface area contributed by atoms with E-state index in [-0.39, 0.29) is 0 Å². The van der Waals surface area contributed by atoms with Gasteiger partial charge in [-0.1, -0.05) is 0 Å². The molecule has 0 bridgehead atoms. The zero-order chi connectivity index (χ0) is 8.32. The second kappa shape index (κ2) is 3.69. The van der Waals surface area contributed by atoms with Crippen molar-refractivity contribution in [3.63, 3.8) is 0 Å². The molecular formula is C8H18O2Si. The van der Waals surface area contributed by atoms with Gasteiger partial charge in [0.05, 0.1) is 12.7 Å². The van der Waals surface area contributed by atoms with Gasteiger partial charge in [-0.05, 0) is 32.5 Å². The largest absolute Gasteiger partial charge is 0.415 e. The van der Waals surface area contributed by atoms with Crippen molar-refractivity contribution in [2.24, 2.45) is 0 Å². The number of rotatable bonds is 3. The van der Waals surface area contributed by atoms with Gasteiger partial charge in [-0.25, -0.2) is 0 Å². The van der Waals surface area contributed by atoms with E-state index in [2.05, 4.69) is 19.6 Å². The van der Waals surface area contributed by atoms with Crippen LogP contribution in [0, 0.1) is 0 Å². The standard InChI is InChI=1S/C8H18O2Si/c1-11(2,3)10-7-8-5-4-6-9-8/h8H,4-7H2,1-3H3. The smallest absolute Gasteiger partial charge is 0.183 e. The lowest BCUT2D eigenvalue weighted by molar-refractivity contribution is 0.0654. The fraction of sp³-hybridized carbons (Fsp3) is 1.00. The topological polar surface area (TPSA) is 18.5 Å². The lowest BCUT2D eigenvalue weighted by Crippen LogP contribution is -2.30. The van der Waals surface area contributed by atoms with E-state index < -0.39 is 8.32 Å². The summed E-state index contributed by atoms with van der Waals surface area (Å²) in [6.45, 7) is 8.38. The van der Waals surface area contributed by atoms with Gasteiger partial charge in [-0.15, -0.1) is 0 Å². The molecule has 0 saturated carbocycles. The summed E-state index contributed by atoms with van der Waals surface area (Å²) in [4.78, 5) is 0. The van der Waals surface area contributed by atoms with Crippen LogP contribution in [-0.2, 0) is 9.16 Å². The van der Waals surface area contributed by atoms with E-state index in [0.717, 1.165) is 13.2 Å². The Labute approximate surface area is 70.0 Å². The van der Waals surface area contributed by atoms with Crippen LogP contribution >= 0.6 is 0 Å². The highest BCUT2D eigenvalue weighted by molar-refractivity contribution is 6.69. The lowest BCUT2D eigenvalue weighted by atomic mass is 10.2. The third kappa shape index (κ3) is 3.89. The molecule has 0 aromatic rings. The molecule has 1 unspecified atom stereocenters. The van der Waals surface area contributed by atoms with Gasteiger partial charge in [-0.3, -0.25) is 0 Å². The van der Waals surface area contributed by atoms with Gasteiger partial charge < -0.3 is 9.16 Å². The van der Waals surface area contributed by atoms with Crippen LogP contribution in [0.25, 0.3) is 0 Å². The van der Waals surface area contributed by atoms with E-state index in [4.69, 9.17) is 9.16 Å². The highest BCUT2D eigenvalue weighted by atomic mass is 28.4. The Kier molecular flexibility index (Phi) is 3.10. The second-order valence-corrected chi connectivity index (χ2v) is 8.57. The first-order valence-corrected chi connectivity index (χ1v) is 7.74. The molecule has 3 heteroatoms. The average molecular weight is 174 g/mol. The zero-order valence-corrected chi connectivity index (χ0v) is 8.72. The van der Waals surface area contributed by atoms with Crippen molar-refractivity contribution in [2.45, 2.75) is 38.6 Å². The summed E-state index contributed by atoms with van der Waals surface area (Å²) in [6.07, 6.45) is 2.78. The predicted octanol–water partition coefficient (Wildman–Crippen LogP) is 2.02. The fourth-order valence-corrected chi connectivity index (χ4v) is 1.80. The summed E-state index contributed by atoms with van der Waals surface area (Å²) in [5.41, 5.74) is 0. The monoisotopic (exact) mass is 174 g/mol. The van der Waals surface area contributed by atoms with Crippen molar-refractivity contribution in [3.8, 4) is 0 Å². The lowest BCUT2D eigenvalue weighted by Gasteiger charge is -2.19. The molecule has 1 atom stereocenters. The van der Waals surface area contributed by atoms with Gasteiger partial charge in [0.25, 0.3) is 0 Å². The van der Waals surface area contributed by atoms with Crippen LogP contribution in [0.4, 0.5) is 0 Å². The Bertz CT molecular complexity index is 114. The molecule has 1 fully saturated rings. The van der Waals surface area contributed by atoms with Crippen LogP contribution in [0.2, 0.25) is 19.6 Å². The van der Waals surface area contributed by atoms with Crippen molar-refractivity contribution in [1.82, 2.24) is 0 Å². The van der Waals surface area contributed by atoms with E-state index in [1.807, 2.05) is 0 Å². The minimum atomic E-state index is -1.30. The summed E-state index contributed by atoms with van der Waals surface area (Å²) in [5, 5.41) is 0. The highest BCUT2D eigenvalue weighted by Gasteiger charge is 2.20. The number of ether oxygens (including phenoxy) is 1. The molecule has 0 amide bonds. The first kappa shape index (κ1) is 9.23. The second-order valence-electron chi connectivity index (χ2n) is 4.06. The minimum absolute atomic E-state index is 0.390. The average Bonchev–Trinajstić information content (AvgIpc) is 2.32. The summed E-state index contributed by atoms with van der Waals surface area (Å²) < 4.78 is 11.2. The van der Waals surface area contributed by atoms with E-state index in [9.17, 15) is 0 Å². The van der Waals surface area contributed by atoms with Gasteiger partial charge in [0.2, 0.25) is 0 Å². The van der Waals surface area contributed by atoms with E-state index in [1.165, 1.54) is 12.8 Å². The summed E-state index contributed by atoms with van der Waals surface area (Å²) in [7, 11) is -1.30. The van der Waals surface area contributed by atoms with Crippen molar-refractivity contribution in [3.05, 3.63) is 0 Å². The molecule has 0 aromatic carbocycles. The van der Waals surface area contributed by atoms with Gasteiger partial charge in [0.1, 0.15) is 0 Å². The first-order valence-electron chi connectivity index (χ1n) is 4.33. The van der Waals surface area contributed by atoms with Crippen LogP contribution in [-0.4, -0.2) is 27.6 Å². The maximum Gasteiger partial charge on any atom is 0.183 e. The van der Waals surface area contributed by atoms with Gasteiger partial charge >= 0.3 is 0 Å². The van der Waals surface area contributed by atoms with Crippen molar-refractivity contribution < 1.29 is 9.16 Å². The minimum Gasteiger partial charge on any atom is -0.415 e. The molecule has 1 rings (SSSR count). The zero-order valence-electron chi connectivity index (χ0n) is 7.72. The molecule has 0 spiro atoms. The van der Waals surface area contributed by atoms with E-state index in [1.54, 1.807) is 0 Å². The summed E-state index contributed by atoms with van der Waals surface area (Å²) in [5.74, 6) is 0. The maximum atomic E-state index is 5.73. The normalized spacial score (nSPS) is 25.9. The third-order valence-corrected chi connectivity index (χ3v) is 2.76. The van der Waals surface area contributed by atoms with Gasteiger partial charge in [0.15, 0.2) is 8.32 Å². The quantitative estimate of drug-likeness (QED) is 0.609. The Balaban J connectivity index is 2.11. The van der Waals surface area contributed by atoms with Crippen LogP contribution < -0.4 is 0 Å². The molecule has 1 saturated heterocycles. The Morgan fingerprint density at radius 2 is 2.18 bits per heavy atom. The molecule has 1 aliphatic heterocycles. The van der Waals surface area contributed by atoms with Gasteiger partial charge in [0, 0.05) is 6.61 Å². The van der Waals surface area contributed by atoms with Crippen LogP contribution in [0.1, 0.15) is 12.8 Å². The van der Waals surface area contributed by atoms with Crippen LogP contribution in [0.3, 0.4) is 0 Å². The van der Waals surface area contributed by atoms with E-state index in [0.29, 0.717) is 6.10 Å². The van der Waals surface area contributed by atoms with Crippen molar-refractivity contribution in [1.29, 1.82) is 0 Å². The Morgan fingerprint density at radius 3 is 2.64 bits per heavy atom. The third-order valence-electron chi connectivity index (χ3n) is 1.73. The molecule has 0 aliphatic carbocycles. The molecule has 66 valence electrons. The Morgan fingerprint density at radius 1 is 1.45 bits per heavy atom. The molecule has 1 heterocycles. The number of hydrogen-bond donors (Lipinski definition) is 0. The number of hydrogen-bond acceptors (Lipinski definition) is 2. The SMILES string of the molecule is C[Si](C)(C)OCC1CCCO1. The van der Waals surface area contributed by atoms with Crippen molar-refractivity contribution in [2.75, 3.05) is 13.2 Å². The van der Waals surface area contributed by atoms with Crippen LogP contribution in [0.5, 0.6) is 0 Å². The summed E-state index contributed by atoms with van der Waals surface area (Å²) >= 11 is 0. The predicted molar refractivity (Wildman–Crippen MR) is 48.3 cm³/mol. The maximum absolute atomic E-state index is 5.73. The molecule has 2 nitrogen and oxygen atoms in total. The Hall–Kier alpha value is 0.137. The molecule has 11 heavy (non-hydrogen) atoms. The highest BCUT2D eigenvalue weighted by Crippen LogP contribution is 2.14. The van der Waals surface area contributed by atoms with E-state index >= 15 is 0 Å². The van der Waals surface area contributed by atoms with Gasteiger partial charge in [-0.2, -0.15) is 0 Å². The molecule has 0 aromatic heterocycles. The van der Waals surface area contributed by atoms with Crippen molar-refractivity contribution >= 4 is 8.32 Å². The molecule has 0 N–H and O–H groups in total. The fourth-order valence-electron chi connectivity index (χ4n) is 1.12. The first-order chi connectivity index (χ1) is 5.08. The molecule has 1 aliphatic rings. The van der Waals surface area contributed by atoms with Crippen LogP contribution in [0.15, 0.2) is 0 Å². The molecular weight excluding hydrogens is 156 g/mol.